The summed E-state index contributed by atoms with van der Waals surface area (Å²) in [5, 5.41) is 0. The Morgan fingerprint density at radius 2 is 1.60 bits per heavy atom. The first-order valence-electron chi connectivity index (χ1n) is 6.10. The van der Waals surface area contributed by atoms with E-state index in [-0.39, 0.29) is 0 Å². The number of hydrogen-bond donors (Lipinski definition) is 0. The lowest BCUT2D eigenvalue weighted by atomic mass is 10.2. The van der Waals surface area contributed by atoms with Gasteiger partial charge in [-0.1, -0.05) is 12.1 Å². The molecule has 0 unspecified atom stereocenters. The Kier molecular flexibility index (Phi) is 4.65. The van der Waals surface area contributed by atoms with Gasteiger partial charge in [-0.15, -0.1) is 0 Å². The third-order valence-corrected chi connectivity index (χ3v) is 2.78. The highest BCUT2D eigenvalue weighted by Crippen LogP contribution is 2.28. The van der Waals surface area contributed by atoms with Gasteiger partial charge in [0, 0.05) is 6.07 Å². The molecule has 0 amide bonds. The predicted octanol–water partition coefficient (Wildman–Crippen LogP) is 2.69. The quantitative estimate of drug-likeness (QED) is 0.811. The lowest BCUT2D eigenvalue weighted by molar-refractivity contribution is 0.270. The topological polar surface area (TPSA) is 49.8 Å². The van der Waals surface area contributed by atoms with Crippen LogP contribution in [0.4, 0.5) is 0 Å². The Labute approximate surface area is 118 Å². The highest BCUT2D eigenvalue weighted by Gasteiger charge is 2.08. The van der Waals surface area contributed by atoms with Gasteiger partial charge in [-0.05, 0) is 17.7 Å². The lowest BCUT2D eigenvalue weighted by Crippen LogP contribution is -2.00. The van der Waals surface area contributed by atoms with Crippen molar-refractivity contribution >= 4 is 0 Å². The third-order valence-electron chi connectivity index (χ3n) is 2.78. The summed E-state index contributed by atoms with van der Waals surface area (Å²) < 4.78 is 21.1. The Bertz CT molecular complexity index is 554. The van der Waals surface area contributed by atoms with Gasteiger partial charge in [-0.3, -0.25) is 0 Å². The minimum atomic E-state index is 0.402. The molecule has 0 bridgehead atoms. The molecule has 0 saturated heterocycles. The summed E-state index contributed by atoms with van der Waals surface area (Å²) >= 11 is 0. The van der Waals surface area contributed by atoms with Crippen molar-refractivity contribution in [3.63, 3.8) is 0 Å². The predicted molar refractivity (Wildman–Crippen MR) is 74.7 cm³/mol. The standard InChI is InChI=1S/C15H17NO4/c1-17-12-6-4-11(5-7-12)10-20-15-14(19-3)8-13(18-2)9-16-15/h4-9H,10H2,1-3H3. The molecule has 0 fully saturated rings. The first-order valence-corrected chi connectivity index (χ1v) is 6.10. The highest BCUT2D eigenvalue weighted by molar-refractivity contribution is 5.39. The SMILES string of the molecule is COc1ccc(COc2ncc(OC)cc2OC)cc1. The van der Waals surface area contributed by atoms with Gasteiger partial charge in [-0.25, -0.2) is 4.98 Å². The van der Waals surface area contributed by atoms with Crippen LogP contribution >= 0.6 is 0 Å². The van der Waals surface area contributed by atoms with Crippen molar-refractivity contribution in [2.75, 3.05) is 21.3 Å². The molecule has 106 valence electrons. The summed E-state index contributed by atoms with van der Waals surface area (Å²) in [5.74, 6) is 2.41. The van der Waals surface area contributed by atoms with Crippen molar-refractivity contribution in [2.45, 2.75) is 6.61 Å². The zero-order chi connectivity index (χ0) is 14.4. The molecule has 1 heterocycles. The van der Waals surface area contributed by atoms with Crippen LogP contribution in [0.2, 0.25) is 0 Å². The van der Waals surface area contributed by atoms with E-state index in [0.717, 1.165) is 11.3 Å². The molecule has 5 nitrogen and oxygen atoms in total. The van der Waals surface area contributed by atoms with E-state index in [1.165, 1.54) is 0 Å². The Hall–Kier alpha value is -2.43. The van der Waals surface area contributed by atoms with E-state index < -0.39 is 0 Å². The minimum absolute atomic E-state index is 0.402. The van der Waals surface area contributed by atoms with Crippen LogP contribution in [0.5, 0.6) is 23.1 Å². The van der Waals surface area contributed by atoms with Gasteiger partial charge in [0.05, 0.1) is 27.5 Å². The molecule has 0 atom stereocenters. The van der Waals surface area contributed by atoms with Crippen LogP contribution in [-0.4, -0.2) is 26.3 Å². The molecule has 0 radical (unpaired) electrons. The number of hydrogen-bond acceptors (Lipinski definition) is 5. The third kappa shape index (κ3) is 3.32. The fourth-order valence-electron chi connectivity index (χ4n) is 1.65. The molecule has 0 N–H and O–H groups in total. The molecule has 1 aromatic carbocycles. The van der Waals surface area contributed by atoms with E-state index in [1.54, 1.807) is 33.6 Å². The molecule has 1 aromatic heterocycles. The molecule has 2 rings (SSSR count). The second-order valence-corrected chi connectivity index (χ2v) is 4.02. The van der Waals surface area contributed by atoms with Gasteiger partial charge in [0.1, 0.15) is 18.1 Å². The van der Waals surface area contributed by atoms with Crippen LogP contribution in [-0.2, 0) is 6.61 Å². The van der Waals surface area contributed by atoms with Crippen LogP contribution in [0.15, 0.2) is 36.5 Å². The summed E-state index contributed by atoms with van der Waals surface area (Å²) in [7, 11) is 4.78. The molecule has 0 saturated carbocycles. The van der Waals surface area contributed by atoms with Crippen molar-refractivity contribution in [3.8, 4) is 23.1 Å². The number of methoxy groups -OCH3 is 3. The smallest absolute Gasteiger partial charge is 0.257 e. The first-order chi connectivity index (χ1) is 9.76. The average Bonchev–Trinajstić information content (AvgIpc) is 2.53. The second-order valence-electron chi connectivity index (χ2n) is 4.02. The van der Waals surface area contributed by atoms with Crippen LogP contribution in [0, 0.1) is 0 Å². The van der Waals surface area contributed by atoms with E-state index in [2.05, 4.69) is 4.98 Å². The summed E-state index contributed by atoms with van der Waals surface area (Å²) in [4.78, 5) is 4.17. The summed E-state index contributed by atoms with van der Waals surface area (Å²) in [5.41, 5.74) is 1.02. The maximum absolute atomic E-state index is 5.65. The second kappa shape index (κ2) is 6.65. The molecule has 2 aromatic rings. The number of benzene rings is 1. The fraction of sp³-hybridized carbons (Fsp3) is 0.267. The fourth-order valence-corrected chi connectivity index (χ4v) is 1.65. The van der Waals surface area contributed by atoms with Gasteiger partial charge in [0.25, 0.3) is 5.88 Å². The highest BCUT2D eigenvalue weighted by atomic mass is 16.5. The van der Waals surface area contributed by atoms with Crippen LogP contribution in [0.1, 0.15) is 5.56 Å². The van der Waals surface area contributed by atoms with E-state index in [0.29, 0.717) is 24.0 Å². The maximum atomic E-state index is 5.65. The summed E-state index contributed by atoms with van der Waals surface area (Å²) in [6, 6.07) is 9.38. The Balaban J connectivity index is 2.05. The van der Waals surface area contributed by atoms with Gasteiger partial charge in [0.15, 0.2) is 5.75 Å². The monoisotopic (exact) mass is 275 g/mol. The molecule has 5 heteroatoms. The molecular weight excluding hydrogens is 258 g/mol. The van der Waals surface area contributed by atoms with Crippen LogP contribution < -0.4 is 18.9 Å². The van der Waals surface area contributed by atoms with Gasteiger partial charge < -0.3 is 18.9 Å². The zero-order valence-corrected chi connectivity index (χ0v) is 11.8. The van der Waals surface area contributed by atoms with E-state index in [1.807, 2.05) is 24.3 Å². The summed E-state index contributed by atoms with van der Waals surface area (Å²) in [6.07, 6.45) is 1.59. The largest absolute Gasteiger partial charge is 0.497 e. The van der Waals surface area contributed by atoms with E-state index >= 15 is 0 Å². The van der Waals surface area contributed by atoms with E-state index in [9.17, 15) is 0 Å². The van der Waals surface area contributed by atoms with Gasteiger partial charge in [-0.2, -0.15) is 0 Å². The Morgan fingerprint density at radius 3 is 2.20 bits per heavy atom. The zero-order valence-electron chi connectivity index (χ0n) is 11.8. The van der Waals surface area contributed by atoms with Gasteiger partial charge >= 0.3 is 0 Å². The normalized spacial score (nSPS) is 9.95. The lowest BCUT2D eigenvalue weighted by Gasteiger charge is -2.11. The molecule has 0 aliphatic heterocycles. The number of ether oxygens (including phenoxy) is 4. The van der Waals surface area contributed by atoms with E-state index in [4.69, 9.17) is 18.9 Å². The molecule has 20 heavy (non-hydrogen) atoms. The van der Waals surface area contributed by atoms with Crippen LogP contribution in [0.25, 0.3) is 0 Å². The van der Waals surface area contributed by atoms with Crippen molar-refractivity contribution in [1.29, 1.82) is 0 Å². The molecular formula is C15H17NO4. The maximum Gasteiger partial charge on any atom is 0.257 e. The van der Waals surface area contributed by atoms with Gasteiger partial charge in [0.2, 0.25) is 0 Å². The number of nitrogens with zero attached hydrogens (tertiary/aromatic N) is 1. The van der Waals surface area contributed by atoms with Crippen molar-refractivity contribution in [1.82, 2.24) is 4.98 Å². The molecule has 0 spiro atoms. The van der Waals surface area contributed by atoms with Crippen molar-refractivity contribution < 1.29 is 18.9 Å². The number of rotatable bonds is 6. The molecule has 0 aliphatic rings. The van der Waals surface area contributed by atoms with Crippen molar-refractivity contribution in [2.24, 2.45) is 0 Å². The molecule has 0 aliphatic carbocycles. The number of aromatic nitrogens is 1. The van der Waals surface area contributed by atoms with Crippen molar-refractivity contribution in [3.05, 3.63) is 42.1 Å². The Morgan fingerprint density at radius 1 is 0.900 bits per heavy atom. The minimum Gasteiger partial charge on any atom is -0.497 e. The summed E-state index contributed by atoms with van der Waals surface area (Å²) in [6.45, 7) is 0.402. The van der Waals surface area contributed by atoms with Crippen LogP contribution in [0.3, 0.4) is 0 Å². The number of pyridine rings is 1. The first kappa shape index (κ1) is 14.0. The average molecular weight is 275 g/mol.